The Morgan fingerprint density at radius 2 is 2.00 bits per heavy atom. The molecular weight excluding hydrogens is 244 g/mol. The number of benzene rings is 1. The fourth-order valence-corrected chi connectivity index (χ4v) is 2.32. The lowest BCUT2D eigenvalue weighted by Gasteiger charge is -2.23. The second-order valence-electron chi connectivity index (χ2n) is 5.63. The fourth-order valence-electron chi connectivity index (χ4n) is 2.15. The van der Waals surface area contributed by atoms with E-state index in [0.717, 1.165) is 22.7 Å². The zero-order valence-corrected chi connectivity index (χ0v) is 11.9. The minimum atomic E-state index is 0.0976. The maximum absolute atomic E-state index is 6.02. The van der Waals surface area contributed by atoms with Crippen molar-refractivity contribution in [3.8, 4) is 0 Å². The van der Waals surface area contributed by atoms with Gasteiger partial charge in [-0.2, -0.15) is 0 Å². The van der Waals surface area contributed by atoms with Crippen LogP contribution in [0.25, 0.3) is 10.9 Å². The van der Waals surface area contributed by atoms with Crippen LogP contribution in [0.1, 0.15) is 25.1 Å². The molecule has 0 unspecified atom stereocenters. The second kappa shape index (κ2) is 4.87. The number of nitrogens with two attached hydrogens (primary N) is 1. The van der Waals surface area contributed by atoms with Crippen LogP contribution in [-0.4, -0.2) is 11.5 Å². The molecule has 96 valence electrons. The molecule has 18 heavy (non-hydrogen) atoms. The van der Waals surface area contributed by atoms with Gasteiger partial charge in [-0.3, -0.25) is 4.98 Å². The maximum Gasteiger partial charge on any atom is 0.0722 e. The van der Waals surface area contributed by atoms with Crippen LogP contribution in [0.5, 0.6) is 0 Å². The molecule has 3 heteroatoms. The second-order valence-corrected chi connectivity index (χ2v) is 6.07. The molecule has 2 rings (SSSR count). The largest absolute Gasteiger partial charge is 0.330 e. The van der Waals surface area contributed by atoms with E-state index in [4.69, 9.17) is 17.3 Å². The Morgan fingerprint density at radius 1 is 1.28 bits per heavy atom. The van der Waals surface area contributed by atoms with Gasteiger partial charge >= 0.3 is 0 Å². The third-order valence-corrected chi connectivity index (χ3v) is 3.44. The van der Waals surface area contributed by atoms with E-state index in [0.29, 0.717) is 6.54 Å². The van der Waals surface area contributed by atoms with E-state index in [-0.39, 0.29) is 5.41 Å². The Hall–Kier alpha value is -1.12. The molecule has 0 atom stereocenters. The van der Waals surface area contributed by atoms with Gasteiger partial charge < -0.3 is 5.73 Å². The third-order valence-electron chi connectivity index (χ3n) is 3.21. The minimum Gasteiger partial charge on any atom is -0.330 e. The van der Waals surface area contributed by atoms with Crippen LogP contribution < -0.4 is 5.73 Å². The smallest absolute Gasteiger partial charge is 0.0722 e. The van der Waals surface area contributed by atoms with Crippen LogP contribution >= 0.6 is 11.6 Å². The highest BCUT2D eigenvalue weighted by molar-refractivity contribution is 6.31. The van der Waals surface area contributed by atoms with Gasteiger partial charge in [-0.25, -0.2) is 0 Å². The number of aromatic nitrogens is 1. The summed E-state index contributed by atoms with van der Waals surface area (Å²) in [5.41, 5.74) is 9.20. The molecule has 2 N–H and O–H groups in total. The number of hydrogen-bond donors (Lipinski definition) is 1. The summed E-state index contributed by atoms with van der Waals surface area (Å²) in [5.74, 6) is 0. The van der Waals surface area contributed by atoms with Crippen molar-refractivity contribution in [2.24, 2.45) is 11.1 Å². The Morgan fingerprint density at radius 3 is 2.67 bits per heavy atom. The Balaban J connectivity index is 2.56. The van der Waals surface area contributed by atoms with E-state index in [2.05, 4.69) is 24.9 Å². The van der Waals surface area contributed by atoms with Gasteiger partial charge in [0.25, 0.3) is 0 Å². The lowest BCUT2D eigenvalue weighted by atomic mass is 9.84. The molecule has 1 heterocycles. The molecular formula is C15H19ClN2. The summed E-state index contributed by atoms with van der Waals surface area (Å²) in [5, 5.41) is 1.90. The average molecular weight is 263 g/mol. The predicted octanol–water partition coefficient (Wildman–Crippen LogP) is 3.72. The van der Waals surface area contributed by atoms with Gasteiger partial charge in [-0.1, -0.05) is 31.5 Å². The molecule has 2 nitrogen and oxygen atoms in total. The van der Waals surface area contributed by atoms with E-state index in [1.807, 2.05) is 25.1 Å². The number of nitrogens with zero attached hydrogens (tertiary/aromatic N) is 1. The molecule has 0 amide bonds. The standard InChI is InChI=1S/C15H19ClN2/c1-10-6-11(8-15(2,3)9-17)13-5-4-12(16)7-14(13)18-10/h4-7H,8-9,17H2,1-3H3. The molecule has 0 saturated carbocycles. The van der Waals surface area contributed by atoms with Crippen molar-refractivity contribution in [3.05, 3.63) is 40.5 Å². The summed E-state index contributed by atoms with van der Waals surface area (Å²) >= 11 is 6.02. The SMILES string of the molecule is Cc1cc(CC(C)(C)CN)c2ccc(Cl)cc2n1. The van der Waals surface area contributed by atoms with Gasteiger partial charge in [-0.15, -0.1) is 0 Å². The third kappa shape index (κ3) is 2.82. The average Bonchev–Trinajstić information content (AvgIpc) is 2.27. The normalized spacial score (nSPS) is 12.1. The van der Waals surface area contributed by atoms with E-state index in [1.165, 1.54) is 10.9 Å². The van der Waals surface area contributed by atoms with Crippen LogP contribution in [0, 0.1) is 12.3 Å². The summed E-state index contributed by atoms with van der Waals surface area (Å²) < 4.78 is 0. The van der Waals surface area contributed by atoms with Crippen molar-refractivity contribution < 1.29 is 0 Å². The highest BCUT2D eigenvalue weighted by Crippen LogP contribution is 2.27. The Kier molecular flexibility index (Phi) is 3.60. The van der Waals surface area contributed by atoms with Crippen LogP contribution in [-0.2, 0) is 6.42 Å². The van der Waals surface area contributed by atoms with Gasteiger partial charge in [0.1, 0.15) is 0 Å². The maximum atomic E-state index is 6.02. The van der Waals surface area contributed by atoms with Gasteiger partial charge in [0, 0.05) is 16.1 Å². The van der Waals surface area contributed by atoms with Gasteiger partial charge in [0.15, 0.2) is 0 Å². The highest BCUT2D eigenvalue weighted by atomic mass is 35.5. The molecule has 0 radical (unpaired) electrons. The van der Waals surface area contributed by atoms with Crippen molar-refractivity contribution in [1.82, 2.24) is 4.98 Å². The molecule has 0 aliphatic carbocycles. The quantitative estimate of drug-likeness (QED) is 0.916. The molecule has 0 aliphatic rings. The molecule has 1 aromatic heterocycles. The minimum absolute atomic E-state index is 0.0976. The van der Waals surface area contributed by atoms with Crippen molar-refractivity contribution in [2.45, 2.75) is 27.2 Å². The van der Waals surface area contributed by atoms with E-state index < -0.39 is 0 Å². The lowest BCUT2D eigenvalue weighted by Crippen LogP contribution is -2.26. The molecule has 2 aromatic rings. The van der Waals surface area contributed by atoms with E-state index in [9.17, 15) is 0 Å². The number of pyridine rings is 1. The Bertz CT molecular complexity index is 571. The van der Waals surface area contributed by atoms with Crippen LogP contribution in [0.4, 0.5) is 0 Å². The number of aryl methyl sites for hydroxylation is 1. The van der Waals surface area contributed by atoms with Crippen molar-refractivity contribution >= 4 is 22.5 Å². The highest BCUT2D eigenvalue weighted by Gasteiger charge is 2.18. The van der Waals surface area contributed by atoms with Crippen molar-refractivity contribution in [1.29, 1.82) is 0 Å². The van der Waals surface area contributed by atoms with Gasteiger partial charge in [0.05, 0.1) is 5.52 Å². The zero-order chi connectivity index (χ0) is 13.3. The fraction of sp³-hybridized carbons (Fsp3) is 0.400. The first-order valence-corrected chi connectivity index (χ1v) is 6.55. The number of fused-ring (bicyclic) bond motifs is 1. The monoisotopic (exact) mass is 262 g/mol. The van der Waals surface area contributed by atoms with Crippen molar-refractivity contribution in [2.75, 3.05) is 6.54 Å². The van der Waals surface area contributed by atoms with Crippen LogP contribution in [0.3, 0.4) is 0 Å². The summed E-state index contributed by atoms with van der Waals surface area (Å²) in [6.07, 6.45) is 0.949. The molecule has 0 fully saturated rings. The number of rotatable bonds is 3. The van der Waals surface area contributed by atoms with Gasteiger partial charge in [0.2, 0.25) is 0 Å². The molecule has 0 bridgehead atoms. The summed E-state index contributed by atoms with van der Waals surface area (Å²) in [7, 11) is 0. The first-order chi connectivity index (χ1) is 8.41. The number of halogens is 1. The molecule has 0 saturated heterocycles. The Labute approximate surface area is 113 Å². The van der Waals surface area contributed by atoms with Crippen LogP contribution in [0.2, 0.25) is 5.02 Å². The lowest BCUT2D eigenvalue weighted by molar-refractivity contribution is 0.378. The summed E-state index contributed by atoms with van der Waals surface area (Å²) in [6, 6.07) is 8.03. The number of hydrogen-bond acceptors (Lipinski definition) is 2. The molecule has 1 aromatic carbocycles. The zero-order valence-electron chi connectivity index (χ0n) is 11.1. The summed E-state index contributed by atoms with van der Waals surface area (Å²) in [6.45, 7) is 7.05. The first kappa shape index (κ1) is 13.3. The van der Waals surface area contributed by atoms with Crippen molar-refractivity contribution in [3.63, 3.8) is 0 Å². The molecule has 0 spiro atoms. The van der Waals surface area contributed by atoms with E-state index >= 15 is 0 Å². The molecule has 0 aliphatic heterocycles. The predicted molar refractivity (Wildman–Crippen MR) is 78.0 cm³/mol. The first-order valence-electron chi connectivity index (χ1n) is 6.17. The summed E-state index contributed by atoms with van der Waals surface area (Å²) in [4.78, 5) is 4.54. The van der Waals surface area contributed by atoms with E-state index in [1.54, 1.807) is 0 Å². The van der Waals surface area contributed by atoms with Crippen LogP contribution in [0.15, 0.2) is 24.3 Å². The topological polar surface area (TPSA) is 38.9 Å². The van der Waals surface area contributed by atoms with Gasteiger partial charge in [-0.05, 0) is 49.1 Å².